The van der Waals surface area contributed by atoms with Crippen LogP contribution in [0.3, 0.4) is 0 Å². The van der Waals surface area contributed by atoms with E-state index in [2.05, 4.69) is 5.32 Å². The van der Waals surface area contributed by atoms with Crippen LogP contribution in [0.15, 0.2) is 11.4 Å². The van der Waals surface area contributed by atoms with Crippen molar-refractivity contribution in [2.75, 3.05) is 19.6 Å². The summed E-state index contributed by atoms with van der Waals surface area (Å²) in [5.41, 5.74) is -0.209. The van der Waals surface area contributed by atoms with Crippen LogP contribution < -0.4 is 5.32 Å². The molecule has 0 radical (unpaired) electrons. The van der Waals surface area contributed by atoms with E-state index < -0.39 is 5.97 Å². The molecule has 1 aliphatic heterocycles. The van der Waals surface area contributed by atoms with Crippen molar-refractivity contribution in [3.63, 3.8) is 0 Å². The number of carboxylic acids is 1. The van der Waals surface area contributed by atoms with Gasteiger partial charge in [0.1, 0.15) is 11.9 Å². The van der Waals surface area contributed by atoms with Gasteiger partial charge in [-0.3, -0.25) is 0 Å². The number of nitrogens with zero attached hydrogens (tertiary/aromatic N) is 2. The fraction of sp³-hybridized carbons (Fsp3) is 0.500. The van der Waals surface area contributed by atoms with Gasteiger partial charge in [-0.25, -0.2) is 4.79 Å². The second-order valence-electron chi connectivity index (χ2n) is 2.65. The van der Waals surface area contributed by atoms with Crippen LogP contribution in [0.4, 0.5) is 0 Å². The van der Waals surface area contributed by atoms with E-state index in [4.69, 9.17) is 10.4 Å². The van der Waals surface area contributed by atoms with Gasteiger partial charge in [0.15, 0.2) is 5.57 Å². The van der Waals surface area contributed by atoms with Crippen molar-refractivity contribution in [2.24, 2.45) is 0 Å². The first-order valence-electron chi connectivity index (χ1n) is 4.07. The molecule has 0 spiro atoms. The summed E-state index contributed by atoms with van der Waals surface area (Å²) in [5.74, 6) is -0.733. The molecule has 0 unspecified atom stereocenters. The number of nitriles is 1. The van der Waals surface area contributed by atoms with Gasteiger partial charge >= 0.3 is 5.97 Å². The Morgan fingerprint density at radius 2 is 2.54 bits per heavy atom. The molecule has 1 heterocycles. The molecule has 1 fully saturated rings. The molecular weight excluding hydrogens is 170 g/mol. The summed E-state index contributed by atoms with van der Waals surface area (Å²) < 4.78 is 0. The molecule has 0 bridgehead atoms. The molecule has 0 amide bonds. The minimum Gasteiger partial charge on any atom is -0.477 e. The Labute approximate surface area is 76.3 Å². The zero-order chi connectivity index (χ0) is 9.84. The maximum atomic E-state index is 10.6. The monoisotopic (exact) mass is 181 g/mol. The standard InChI is InChI=1S/C8H11N3O2/c1-2-11-4-3-10-7(11)6(5-9)8(12)13/h10H,2-4H2,1H3,(H,12,13). The van der Waals surface area contributed by atoms with Crippen molar-refractivity contribution >= 4 is 5.97 Å². The second kappa shape index (κ2) is 3.81. The molecule has 0 saturated carbocycles. The molecule has 1 rings (SSSR count). The minimum absolute atomic E-state index is 0.209. The average molecular weight is 181 g/mol. The van der Waals surface area contributed by atoms with Crippen LogP contribution in [0.1, 0.15) is 6.92 Å². The smallest absolute Gasteiger partial charge is 0.350 e. The molecule has 13 heavy (non-hydrogen) atoms. The van der Waals surface area contributed by atoms with E-state index in [1.807, 2.05) is 11.8 Å². The zero-order valence-corrected chi connectivity index (χ0v) is 7.37. The number of nitrogens with one attached hydrogen (secondary N) is 1. The van der Waals surface area contributed by atoms with Gasteiger partial charge in [0, 0.05) is 19.6 Å². The Bertz CT molecular complexity index is 290. The number of aliphatic carboxylic acids is 1. The second-order valence-corrected chi connectivity index (χ2v) is 2.65. The van der Waals surface area contributed by atoms with Crippen LogP contribution in [0, 0.1) is 11.3 Å². The number of carbonyl (C=O) groups is 1. The normalized spacial score (nSPS) is 19.2. The molecule has 1 saturated heterocycles. The number of hydrogen-bond acceptors (Lipinski definition) is 4. The van der Waals surface area contributed by atoms with E-state index in [1.54, 1.807) is 6.07 Å². The first-order valence-corrected chi connectivity index (χ1v) is 4.07. The fourth-order valence-electron chi connectivity index (χ4n) is 1.30. The lowest BCUT2D eigenvalue weighted by Crippen LogP contribution is -2.23. The first-order chi connectivity index (χ1) is 6.20. The zero-order valence-electron chi connectivity index (χ0n) is 7.37. The Kier molecular flexibility index (Phi) is 2.75. The molecule has 5 heteroatoms. The summed E-state index contributed by atoms with van der Waals surface area (Å²) in [6.45, 7) is 4.08. The number of carboxylic acid groups (broad SMARTS) is 1. The summed E-state index contributed by atoms with van der Waals surface area (Å²) in [6.07, 6.45) is 0. The topological polar surface area (TPSA) is 76.4 Å². The van der Waals surface area contributed by atoms with Crippen LogP contribution in [0.5, 0.6) is 0 Å². The van der Waals surface area contributed by atoms with Crippen LogP contribution in [0.25, 0.3) is 0 Å². The summed E-state index contributed by atoms with van der Waals surface area (Å²) in [4.78, 5) is 12.5. The minimum atomic E-state index is -1.18. The van der Waals surface area contributed by atoms with Gasteiger partial charge in [-0.05, 0) is 6.92 Å². The van der Waals surface area contributed by atoms with E-state index in [0.29, 0.717) is 18.9 Å². The van der Waals surface area contributed by atoms with Crippen LogP contribution >= 0.6 is 0 Å². The Hall–Kier alpha value is -1.70. The number of likely N-dealkylation sites (N-methyl/N-ethyl adjacent to an activating group) is 1. The van der Waals surface area contributed by atoms with Gasteiger partial charge < -0.3 is 15.3 Å². The number of hydrogen-bond donors (Lipinski definition) is 2. The molecule has 0 atom stereocenters. The van der Waals surface area contributed by atoms with E-state index in [9.17, 15) is 4.79 Å². The maximum absolute atomic E-state index is 10.6. The highest BCUT2D eigenvalue weighted by atomic mass is 16.4. The SMILES string of the molecule is CCN1CCNC1=C(C#N)C(=O)O. The van der Waals surface area contributed by atoms with E-state index in [-0.39, 0.29) is 5.57 Å². The third-order valence-electron chi connectivity index (χ3n) is 1.93. The van der Waals surface area contributed by atoms with Gasteiger partial charge in [-0.15, -0.1) is 0 Å². The molecule has 0 aliphatic carbocycles. The highest BCUT2D eigenvalue weighted by molar-refractivity contribution is 5.91. The van der Waals surface area contributed by atoms with E-state index >= 15 is 0 Å². The average Bonchev–Trinajstić information content (AvgIpc) is 2.53. The molecule has 1 aliphatic rings. The molecular formula is C8H11N3O2. The summed E-state index contributed by atoms with van der Waals surface area (Å²) >= 11 is 0. The van der Waals surface area contributed by atoms with Gasteiger partial charge in [0.05, 0.1) is 0 Å². The third-order valence-corrected chi connectivity index (χ3v) is 1.93. The van der Waals surface area contributed by atoms with Crippen molar-refractivity contribution in [2.45, 2.75) is 6.92 Å². The number of rotatable bonds is 2. The Morgan fingerprint density at radius 1 is 1.85 bits per heavy atom. The lowest BCUT2D eigenvalue weighted by molar-refractivity contribution is -0.132. The highest BCUT2D eigenvalue weighted by Gasteiger charge is 2.22. The summed E-state index contributed by atoms with van der Waals surface area (Å²) in [6, 6.07) is 1.68. The third kappa shape index (κ3) is 1.72. The fourth-order valence-corrected chi connectivity index (χ4v) is 1.30. The maximum Gasteiger partial charge on any atom is 0.350 e. The Balaban J connectivity index is 3.00. The van der Waals surface area contributed by atoms with Crippen molar-refractivity contribution in [1.29, 1.82) is 5.26 Å². The molecule has 0 aromatic heterocycles. The van der Waals surface area contributed by atoms with Gasteiger partial charge in [0.2, 0.25) is 0 Å². The van der Waals surface area contributed by atoms with Gasteiger partial charge in [-0.1, -0.05) is 0 Å². The van der Waals surface area contributed by atoms with E-state index in [1.165, 1.54) is 0 Å². The largest absolute Gasteiger partial charge is 0.477 e. The van der Waals surface area contributed by atoms with Crippen LogP contribution in [-0.4, -0.2) is 35.6 Å². The predicted octanol–water partition coefficient (Wildman–Crippen LogP) is -0.269. The highest BCUT2D eigenvalue weighted by Crippen LogP contribution is 2.11. The lowest BCUT2D eigenvalue weighted by atomic mass is 10.3. The van der Waals surface area contributed by atoms with Crippen molar-refractivity contribution in [3.8, 4) is 6.07 Å². The van der Waals surface area contributed by atoms with Crippen LogP contribution in [-0.2, 0) is 4.79 Å². The quantitative estimate of drug-likeness (QED) is 0.453. The molecule has 5 nitrogen and oxygen atoms in total. The van der Waals surface area contributed by atoms with Crippen molar-refractivity contribution in [1.82, 2.24) is 10.2 Å². The molecule has 2 N–H and O–H groups in total. The Morgan fingerprint density at radius 3 is 3.00 bits per heavy atom. The first kappa shape index (κ1) is 9.39. The molecule has 0 aromatic rings. The summed E-state index contributed by atoms with van der Waals surface area (Å²) in [7, 11) is 0. The predicted molar refractivity (Wildman–Crippen MR) is 45.5 cm³/mol. The molecule has 70 valence electrons. The van der Waals surface area contributed by atoms with Crippen LogP contribution in [0.2, 0.25) is 0 Å². The van der Waals surface area contributed by atoms with Gasteiger partial charge in [-0.2, -0.15) is 5.26 Å². The summed E-state index contributed by atoms with van der Waals surface area (Å²) in [5, 5.41) is 20.2. The van der Waals surface area contributed by atoms with Crippen molar-refractivity contribution < 1.29 is 9.90 Å². The lowest BCUT2D eigenvalue weighted by Gasteiger charge is -2.16. The molecule has 0 aromatic carbocycles. The van der Waals surface area contributed by atoms with Crippen molar-refractivity contribution in [3.05, 3.63) is 11.4 Å². The van der Waals surface area contributed by atoms with Gasteiger partial charge in [0.25, 0.3) is 0 Å². The van der Waals surface area contributed by atoms with E-state index in [0.717, 1.165) is 6.54 Å².